The molecule has 1 aromatic rings. The van der Waals surface area contributed by atoms with E-state index in [1.807, 2.05) is 18.2 Å². The Balaban J connectivity index is 1.84. The summed E-state index contributed by atoms with van der Waals surface area (Å²) in [6.07, 6.45) is 7.51. The average molecular weight is 312 g/mol. The SMILES string of the molecule is CO/C=C(\C(=O)OC)C1=CCCC=C1C1OC1c1ccccc1. The van der Waals surface area contributed by atoms with E-state index in [2.05, 4.69) is 24.3 Å². The average Bonchev–Trinajstić information content (AvgIpc) is 3.40. The van der Waals surface area contributed by atoms with Crippen LogP contribution >= 0.6 is 0 Å². The Morgan fingerprint density at radius 2 is 1.87 bits per heavy atom. The molecule has 1 aliphatic carbocycles. The molecular formula is C19H20O4. The molecular weight excluding hydrogens is 292 g/mol. The summed E-state index contributed by atoms with van der Waals surface area (Å²) in [5, 5.41) is 0. The zero-order valence-electron chi connectivity index (χ0n) is 13.3. The third-order valence-electron chi connectivity index (χ3n) is 4.05. The zero-order valence-corrected chi connectivity index (χ0v) is 13.3. The molecule has 1 fully saturated rings. The lowest BCUT2D eigenvalue weighted by atomic mass is 9.88. The number of hydrogen-bond acceptors (Lipinski definition) is 4. The van der Waals surface area contributed by atoms with E-state index in [9.17, 15) is 4.79 Å². The van der Waals surface area contributed by atoms with Gasteiger partial charge in [0.15, 0.2) is 0 Å². The molecule has 2 atom stereocenters. The number of hydrogen-bond donors (Lipinski definition) is 0. The molecule has 4 nitrogen and oxygen atoms in total. The first kappa shape index (κ1) is 15.6. The Kier molecular flexibility index (Phi) is 4.63. The van der Waals surface area contributed by atoms with E-state index in [1.54, 1.807) is 0 Å². The summed E-state index contributed by atoms with van der Waals surface area (Å²) in [6.45, 7) is 0. The van der Waals surface area contributed by atoms with Crippen molar-refractivity contribution in [3.8, 4) is 0 Å². The number of benzene rings is 1. The molecule has 1 saturated heterocycles. The Morgan fingerprint density at radius 1 is 1.13 bits per heavy atom. The van der Waals surface area contributed by atoms with Crippen LogP contribution in [0.3, 0.4) is 0 Å². The van der Waals surface area contributed by atoms with Crippen LogP contribution in [0.15, 0.2) is 65.5 Å². The molecule has 0 spiro atoms. The maximum Gasteiger partial charge on any atom is 0.341 e. The summed E-state index contributed by atoms with van der Waals surface area (Å²) in [7, 11) is 2.90. The Hall–Kier alpha value is -2.33. The number of carbonyl (C=O) groups is 1. The van der Waals surface area contributed by atoms with Crippen molar-refractivity contribution in [1.82, 2.24) is 0 Å². The van der Waals surface area contributed by atoms with Gasteiger partial charge in [-0.25, -0.2) is 4.79 Å². The first-order valence-electron chi connectivity index (χ1n) is 7.69. The Morgan fingerprint density at radius 3 is 2.57 bits per heavy atom. The molecule has 4 heteroatoms. The van der Waals surface area contributed by atoms with Crippen molar-refractivity contribution in [3.63, 3.8) is 0 Å². The highest BCUT2D eigenvalue weighted by molar-refractivity contribution is 5.95. The highest BCUT2D eigenvalue weighted by atomic mass is 16.6. The van der Waals surface area contributed by atoms with Gasteiger partial charge in [-0.15, -0.1) is 0 Å². The van der Waals surface area contributed by atoms with E-state index in [0.717, 1.165) is 29.6 Å². The smallest absolute Gasteiger partial charge is 0.341 e. The van der Waals surface area contributed by atoms with Gasteiger partial charge < -0.3 is 14.2 Å². The van der Waals surface area contributed by atoms with Gasteiger partial charge in [-0.05, 0) is 29.6 Å². The molecule has 1 aromatic carbocycles. The van der Waals surface area contributed by atoms with Gasteiger partial charge in [0.1, 0.15) is 17.8 Å². The van der Waals surface area contributed by atoms with Gasteiger partial charge >= 0.3 is 5.97 Å². The standard InChI is InChI=1S/C19H20O4/c1-21-12-16(19(20)22-2)14-10-6-7-11-15(14)18-17(23-18)13-8-4-3-5-9-13/h3-5,8-12,17-18H,6-7H2,1-2H3/b16-12-. The number of ether oxygens (including phenoxy) is 3. The van der Waals surface area contributed by atoms with Crippen LogP contribution in [-0.4, -0.2) is 26.3 Å². The van der Waals surface area contributed by atoms with Crippen LogP contribution < -0.4 is 0 Å². The highest BCUT2D eigenvalue weighted by Crippen LogP contribution is 2.47. The fraction of sp³-hybridized carbons (Fsp3) is 0.316. The van der Waals surface area contributed by atoms with Crippen LogP contribution in [0.5, 0.6) is 0 Å². The normalized spacial score (nSPS) is 23.7. The second-order valence-electron chi connectivity index (χ2n) is 5.50. The molecule has 2 unspecified atom stereocenters. The molecule has 3 rings (SSSR count). The fourth-order valence-electron chi connectivity index (χ4n) is 2.92. The van der Waals surface area contributed by atoms with Gasteiger partial charge in [0.2, 0.25) is 0 Å². The first-order valence-corrected chi connectivity index (χ1v) is 7.69. The Labute approximate surface area is 136 Å². The number of esters is 1. The largest absolute Gasteiger partial charge is 0.503 e. The van der Waals surface area contributed by atoms with Crippen LogP contribution in [0, 0.1) is 0 Å². The molecule has 0 aromatic heterocycles. The van der Waals surface area contributed by atoms with Crippen LogP contribution in [0.25, 0.3) is 0 Å². The summed E-state index contributed by atoms with van der Waals surface area (Å²) in [5.41, 5.74) is 3.48. The lowest BCUT2D eigenvalue weighted by Gasteiger charge is -2.16. The van der Waals surface area contributed by atoms with E-state index >= 15 is 0 Å². The molecule has 0 amide bonds. The molecule has 0 N–H and O–H groups in total. The maximum atomic E-state index is 12.1. The summed E-state index contributed by atoms with van der Waals surface area (Å²) >= 11 is 0. The van der Waals surface area contributed by atoms with Crippen molar-refractivity contribution >= 4 is 5.97 Å². The molecule has 1 heterocycles. The Bertz CT molecular complexity index is 670. The lowest BCUT2D eigenvalue weighted by molar-refractivity contribution is -0.135. The van der Waals surface area contributed by atoms with Crippen molar-refractivity contribution in [2.75, 3.05) is 14.2 Å². The molecule has 1 aliphatic heterocycles. The molecule has 0 saturated carbocycles. The molecule has 0 bridgehead atoms. The number of carbonyl (C=O) groups excluding carboxylic acids is 1. The van der Waals surface area contributed by atoms with Crippen LogP contribution in [-0.2, 0) is 19.0 Å². The maximum absolute atomic E-state index is 12.1. The summed E-state index contributed by atoms with van der Waals surface area (Å²) < 4.78 is 15.8. The van der Waals surface area contributed by atoms with Crippen LogP contribution in [0.1, 0.15) is 24.5 Å². The minimum Gasteiger partial charge on any atom is -0.503 e. The lowest BCUT2D eigenvalue weighted by Crippen LogP contribution is -2.13. The van der Waals surface area contributed by atoms with Crippen molar-refractivity contribution in [3.05, 3.63) is 71.0 Å². The monoisotopic (exact) mass is 312 g/mol. The third-order valence-corrected chi connectivity index (χ3v) is 4.05. The molecule has 120 valence electrons. The van der Waals surface area contributed by atoms with Gasteiger partial charge in [-0.3, -0.25) is 0 Å². The van der Waals surface area contributed by atoms with Crippen molar-refractivity contribution in [2.24, 2.45) is 0 Å². The number of rotatable bonds is 5. The summed E-state index contributed by atoms with van der Waals surface area (Å²) in [6, 6.07) is 10.1. The van der Waals surface area contributed by atoms with Crippen LogP contribution in [0.2, 0.25) is 0 Å². The van der Waals surface area contributed by atoms with Gasteiger partial charge in [-0.2, -0.15) is 0 Å². The minimum absolute atomic E-state index is 0.0196. The summed E-state index contributed by atoms with van der Waals surface area (Å²) in [5.74, 6) is -0.400. The van der Waals surface area contributed by atoms with Crippen LogP contribution in [0.4, 0.5) is 0 Å². The van der Waals surface area contributed by atoms with E-state index in [1.165, 1.54) is 20.5 Å². The molecule has 2 aliphatic rings. The minimum atomic E-state index is -0.400. The van der Waals surface area contributed by atoms with Gasteiger partial charge in [0, 0.05) is 0 Å². The highest BCUT2D eigenvalue weighted by Gasteiger charge is 2.45. The van der Waals surface area contributed by atoms with E-state index in [-0.39, 0.29) is 12.2 Å². The third kappa shape index (κ3) is 3.22. The number of allylic oxidation sites excluding steroid dienone is 2. The van der Waals surface area contributed by atoms with Crippen molar-refractivity contribution in [2.45, 2.75) is 25.0 Å². The van der Waals surface area contributed by atoms with Crippen molar-refractivity contribution in [1.29, 1.82) is 0 Å². The van der Waals surface area contributed by atoms with E-state index < -0.39 is 5.97 Å². The van der Waals surface area contributed by atoms with Gasteiger partial charge in [0.05, 0.1) is 20.5 Å². The first-order chi connectivity index (χ1) is 11.3. The predicted octanol–water partition coefficient (Wildman–Crippen LogP) is 3.48. The molecule has 23 heavy (non-hydrogen) atoms. The quantitative estimate of drug-likeness (QED) is 0.361. The molecule has 0 radical (unpaired) electrons. The number of epoxide rings is 1. The van der Waals surface area contributed by atoms with Gasteiger partial charge in [-0.1, -0.05) is 42.5 Å². The second-order valence-corrected chi connectivity index (χ2v) is 5.50. The summed E-state index contributed by atoms with van der Waals surface area (Å²) in [4.78, 5) is 12.1. The zero-order chi connectivity index (χ0) is 16.2. The van der Waals surface area contributed by atoms with E-state index in [0.29, 0.717) is 5.57 Å². The predicted molar refractivity (Wildman–Crippen MR) is 86.6 cm³/mol. The number of methoxy groups -OCH3 is 2. The van der Waals surface area contributed by atoms with E-state index in [4.69, 9.17) is 14.2 Å². The fourth-order valence-corrected chi connectivity index (χ4v) is 2.92. The second kappa shape index (κ2) is 6.84. The topological polar surface area (TPSA) is 48.1 Å². The van der Waals surface area contributed by atoms with Crippen molar-refractivity contribution < 1.29 is 19.0 Å². The van der Waals surface area contributed by atoms with Gasteiger partial charge in [0.25, 0.3) is 0 Å².